The number of methoxy groups -OCH3 is 2. The molecule has 2 aromatic carbocycles. The molecular weight excluding hydrogens is 400 g/mol. The van der Waals surface area contributed by atoms with Crippen molar-refractivity contribution in [3.05, 3.63) is 48.8 Å². The van der Waals surface area contributed by atoms with Gasteiger partial charge in [0.05, 0.1) is 19.9 Å². The number of aromatic nitrogens is 3. The Hall–Kier alpha value is -4.14. The van der Waals surface area contributed by atoms with Crippen LogP contribution in [0.5, 0.6) is 28.7 Å². The van der Waals surface area contributed by atoms with Crippen LogP contribution in [0.3, 0.4) is 0 Å². The molecule has 0 radical (unpaired) electrons. The molecule has 0 aliphatic carbocycles. The zero-order valence-corrected chi connectivity index (χ0v) is 17.0. The fourth-order valence-electron chi connectivity index (χ4n) is 3.54. The van der Waals surface area contributed by atoms with Crippen LogP contribution in [-0.4, -0.2) is 46.9 Å². The van der Waals surface area contributed by atoms with E-state index in [1.807, 2.05) is 34.9 Å². The van der Waals surface area contributed by atoms with Gasteiger partial charge >= 0.3 is 0 Å². The van der Waals surface area contributed by atoms with Crippen LogP contribution in [-0.2, 0) is 0 Å². The third-order valence-electron chi connectivity index (χ3n) is 4.96. The monoisotopic (exact) mass is 420 g/mol. The summed E-state index contributed by atoms with van der Waals surface area (Å²) < 4.78 is 23.8. The highest BCUT2D eigenvalue weighted by Crippen LogP contribution is 2.42. The van der Waals surface area contributed by atoms with Crippen LogP contribution in [0.25, 0.3) is 17.0 Å². The van der Waals surface area contributed by atoms with Gasteiger partial charge < -0.3 is 29.4 Å². The van der Waals surface area contributed by atoms with Crippen molar-refractivity contribution in [2.75, 3.05) is 32.8 Å². The number of phenolic OH excluding ortho intramolecular Hbond substituents is 1. The Bertz CT molecular complexity index is 1250. The highest BCUT2D eigenvalue weighted by atomic mass is 16.6. The third-order valence-corrected chi connectivity index (χ3v) is 4.96. The van der Waals surface area contributed by atoms with Crippen LogP contribution < -0.4 is 24.3 Å². The van der Waals surface area contributed by atoms with Gasteiger partial charge in [0.25, 0.3) is 0 Å². The van der Waals surface area contributed by atoms with Crippen molar-refractivity contribution in [3.8, 4) is 40.0 Å². The zero-order chi connectivity index (χ0) is 21.4. The summed E-state index contributed by atoms with van der Waals surface area (Å²) in [6.45, 7) is 1.04. The molecule has 158 valence electrons. The van der Waals surface area contributed by atoms with Crippen molar-refractivity contribution < 1.29 is 24.1 Å². The summed E-state index contributed by atoms with van der Waals surface area (Å²) in [5.41, 5.74) is 2.24. The van der Waals surface area contributed by atoms with Gasteiger partial charge in [0, 0.05) is 29.7 Å². The van der Waals surface area contributed by atoms with E-state index in [0.717, 1.165) is 16.9 Å². The molecule has 2 N–H and O–H groups in total. The van der Waals surface area contributed by atoms with Crippen molar-refractivity contribution in [1.29, 1.82) is 0 Å². The van der Waals surface area contributed by atoms with E-state index < -0.39 is 0 Å². The van der Waals surface area contributed by atoms with Crippen LogP contribution in [0.4, 0.5) is 11.5 Å². The van der Waals surface area contributed by atoms with Crippen LogP contribution in [0.2, 0.25) is 0 Å². The number of benzene rings is 2. The maximum atomic E-state index is 10.3. The Balaban J connectivity index is 1.65. The first-order valence-electron chi connectivity index (χ1n) is 9.63. The van der Waals surface area contributed by atoms with Crippen LogP contribution >= 0.6 is 0 Å². The summed E-state index contributed by atoms with van der Waals surface area (Å²) >= 11 is 0. The lowest BCUT2D eigenvalue weighted by molar-refractivity contribution is 0.171. The summed E-state index contributed by atoms with van der Waals surface area (Å²) in [5, 5.41) is 13.7. The van der Waals surface area contributed by atoms with Gasteiger partial charge in [-0.15, -0.1) is 0 Å². The molecule has 5 rings (SSSR count). The Labute approximate surface area is 177 Å². The fraction of sp³-hybridized carbons (Fsp3) is 0.182. The van der Waals surface area contributed by atoms with E-state index in [4.69, 9.17) is 18.9 Å². The Morgan fingerprint density at radius 3 is 2.52 bits per heavy atom. The largest absolute Gasteiger partial charge is 0.502 e. The second-order valence-electron chi connectivity index (χ2n) is 6.81. The molecule has 9 nitrogen and oxygen atoms in total. The third kappa shape index (κ3) is 3.29. The van der Waals surface area contributed by atoms with E-state index in [1.54, 1.807) is 18.3 Å². The number of ether oxygens (including phenoxy) is 4. The van der Waals surface area contributed by atoms with Gasteiger partial charge in [-0.1, -0.05) is 0 Å². The topological polar surface area (TPSA) is 99.4 Å². The number of imidazole rings is 1. The summed E-state index contributed by atoms with van der Waals surface area (Å²) in [6.07, 6.45) is 3.55. The number of nitrogens with one attached hydrogen (secondary N) is 1. The molecule has 4 aromatic rings. The molecule has 0 fully saturated rings. The van der Waals surface area contributed by atoms with Crippen molar-refractivity contribution >= 4 is 17.3 Å². The van der Waals surface area contributed by atoms with Gasteiger partial charge in [0.2, 0.25) is 11.5 Å². The number of hydrogen-bond donors (Lipinski definition) is 2. The average molecular weight is 420 g/mol. The first-order chi connectivity index (χ1) is 15.2. The lowest BCUT2D eigenvalue weighted by Gasteiger charge is -2.19. The number of anilines is 2. The molecule has 9 heteroatoms. The van der Waals surface area contributed by atoms with Gasteiger partial charge in [-0.2, -0.15) is 4.98 Å². The first kappa shape index (κ1) is 18.9. The zero-order valence-electron chi connectivity index (χ0n) is 17.0. The molecule has 3 heterocycles. The second kappa shape index (κ2) is 7.60. The minimum Gasteiger partial charge on any atom is -0.502 e. The molecule has 31 heavy (non-hydrogen) atoms. The van der Waals surface area contributed by atoms with Gasteiger partial charge in [0.15, 0.2) is 28.8 Å². The van der Waals surface area contributed by atoms with Crippen molar-refractivity contribution in [2.45, 2.75) is 0 Å². The highest BCUT2D eigenvalue weighted by Gasteiger charge is 2.20. The van der Waals surface area contributed by atoms with Crippen molar-refractivity contribution in [1.82, 2.24) is 14.4 Å². The smallest absolute Gasteiger partial charge is 0.236 e. The van der Waals surface area contributed by atoms with Crippen LogP contribution in [0.15, 0.2) is 48.8 Å². The summed E-state index contributed by atoms with van der Waals surface area (Å²) in [5.74, 6) is 2.99. The number of nitrogens with zero attached hydrogens (tertiary/aromatic N) is 3. The quantitative estimate of drug-likeness (QED) is 0.505. The minimum absolute atomic E-state index is 0.0676. The highest BCUT2D eigenvalue weighted by molar-refractivity contribution is 5.81. The van der Waals surface area contributed by atoms with E-state index in [-0.39, 0.29) is 5.75 Å². The summed E-state index contributed by atoms with van der Waals surface area (Å²) in [6, 6.07) is 10.9. The molecule has 0 saturated carbocycles. The standard InChI is InChI=1S/C22H20N4O5/c1-28-17-10-13(11-18(29-2)20(17)27)19-21(25-22-23-6-3-7-26(19)22)24-14-4-5-15-16(12-14)31-9-8-30-15/h3-7,10-12,24,27H,8-9H2,1-2H3. The molecule has 0 spiro atoms. The van der Waals surface area contributed by atoms with Gasteiger partial charge in [0.1, 0.15) is 13.2 Å². The number of aromatic hydroxyl groups is 1. The van der Waals surface area contributed by atoms with Crippen LogP contribution in [0, 0.1) is 0 Å². The van der Waals surface area contributed by atoms with Crippen molar-refractivity contribution in [2.24, 2.45) is 0 Å². The van der Waals surface area contributed by atoms with Gasteiger partial charge in [-0.05, 0) is 30.3 Å². The molecule has 2 aromatic heterocycles. The Morgan fingerprint density at radius 2 is 1.77 bits per heavy atom. The molecule has 1 aliphatic heterocycles. The lowest BCUT2D eigenvalue weighted by Crippen LogP contribution is -2.15. The maximum Gasteiger partial charge on any atom is 0.236 e. The van der Waals surface area contributed by atoms with Gasteiger partial charge in [-0.25, -0.2) is 4.98 Å². The normalized spacial score (nSPS) is 12.6. The fourth-order valence-corrected chi connectivity index (χ4v) is 3.54. The predicted molar refractivity (Wildman–Crippen MR) is 114 cm³/mol. The number of fused-ring (bicyclic) bond motifs is 2. The van der Waals surface area contributed by atoms with E-state index in [0.29, 0.717) is 47.8 Å². The molecule has 0 saturated heterocycles. The number of rotatable bonds is 5. The number of phenols is 1. The maximum absolute atomic E-state index is 10.3. The van der Waals surface area contributed by atoms with E-state index in [2.05, 4.69) is 15.3 Å². The Morgan fingerprint density at radius 1 is 1.03 bits per heavy atom. The van der Waals surface area contributed by atoms with Crippen LogP contribution in [0.1, 0.15) is 0 Å². The molecule has 0 unspecified atom stereocenters. The molecule has 1 aliphatic rings. The molecule has 0 bridgehead atoms. The predicted octanol–water partition coefficient (Wildman–Crippen LogP) is 3.63. The summed E-state index contributed by atoms with van der Waals surface area (Å²) in [7, 11) is 2.98. The average Bonchev–Trinajstić information content (AvgIpc) is 3.17. The molecular formula is C22H20N4O5. The van der Waals surface area contributed by atoms with E-state index in [9.17, 15) is 5.11 Å². The van der Waals surface area contributed by atoms with Gasteiger partial charge in [-0.3, -0.25) is 4.40 Å². The van der Waals surface area contributed by atoms with Crippen molar-refractivity contribution in [3.63, 3.8) is 0 Å². The molecule has 0 amide bonds. The SMILES string of the molecule is COc1cc(-c2c(Nc3ccc4c(c3)OCCO4)nc3ncccn23)cc(OC)c1O. The summed E-state index contributed by atoms with van der Waals surface area (Å²) in [4.78, 5) is 9.01. The van der Waals surface area contributed by atoms with E-state index >= 15 is 0 Å². The first-order valence-corrected chi connectivity index (χ1v) is 9.63. The molecule has 0 atom stereocenters. The number of hydrogen-bond acceptors (Lipinski definition) is 8. The van der Waals surface area contributed by atoms with E-state index in [1.165, 1.54) is 14.2 Å². The lowest BCUT2D eigenvalue weighted by atomic mass is 10.1. The minimum atomic E-state index is -0.0676. The Kier molecular flexibility index (Phi) is 4.62. The second-order valence-corrected chi connectivity index (χ2v) is 6.81.